The van der Waals surface area contributed by atoms with Crippen molar-refractivity contribution in [3.8, 4) is 0 Å². The lowest BCUT2D eigenvalue weighted by Crippen LogP contribution is -2.35. The van der Waals surface area contributed by atoms with Crippen molar-refractivity contribution in [3.63, 3.8) is 0 Å². The molecule has 0 bridgehead atoms. The van der Waals surface area contributed by atoms with E-state index >= 15 is 0 Å². The molecular formula is C7H18N2OS. The molecule has 0 aromatic rings. The van der Waals surface area contributed by atoms with Crippen molar-refractivity contribution >= 4 is 15.1 Å². The molecule has 68 valence electrons. The number of rotatable bonds is 3. The van der Waals surface area contributed by atoms with E-state index in [1.165, 1.54) is 0 Å². The van der Waals surface area contributed by atoms with Crippen LogP contribution < -0.4 is 11.5 Å². The van der Waals surface area contributed by atoms with Gasteiger partial charge in [0.05, 0.1) is 6.04 Å². The molecule has 1 atom stereocenters. The number of carbonyl (C=O) groups is 1. The highest BCUT2D eigenvalue weighted by Crippen LogP contribution is 2.36. The first kappa shape index (κ1) is 10.9. The fraction of sp³-hybridized carbons (Fsp3) is 0.857. The summed E-state index contributed by atoms with van der Waals surface area (Å²) in [5.41, 5.74) is 10.9. The normalized spacial score (nSPS) is 16.1. The molecule has 0 saturated heterocycles. The summed E-state index contributed by atoms with van der Waals surface area (Å²) in [5, 5.41) is 0.169. The van der Waals surface area contributed by atoms with Gasteiger partial charge in [0.25, 0.3) is 0 Å². The Balaban J connectivity index is 4.03. The Hall–Kier alpha value is -0.0600. The van der Waals surface area contributed by atoms with Gasteiger partial charge < -0.3 is 11.5 Å². The molecule has 4 heteroatoms. The van der Waals surface area contributed by atoms with Gasteiger partial charge in [-0.3, -0.25) is 4.79 Å². The van der Waals surface area contributed by atoms with Crippen molar-refractivity contribution in [3.05, 3.63) is 0 Å². The first-order valence-corrected chi connectivity index (χ1v) is 6.43. The number of hydrogen-bond acceptors (Lipinski definition) is 3. The fourth-order valence-corrected chi connectivity index (χ4v) is 1.78. The summed E-state index contributed by atoms with van der Waals surface area (Å²) >= 11 is 0. The van der Waals surface area contributed by atoms with Crippen molar-refractivity contribution < 1.29 is 4.79 Å². The van der Waals surface area contributed by atoms with Gasteiger partial charge in [0.2, 0.25) is 0 Å². The van der Waals surface area contributed by atoms with Crippen LogP contribution in [0, 0.1) is 0 Å². The van der Waals surface area contributed by atoms with Crippen molar-refractivity contribution in [1.82, 2.24) is 0 Å². The first-order valence-electron chi connectivity index (χ1n) is 3.57. The van der Waals surface area contributed by atoms with Crippen LogP contribution in [0.5, 0.6) is 0 Å². The zero-order valence-corrected chi connectivity index (χ0v) is 8.28. The van der Waals surface area contributed by atoms with Gasteiger partial charge in [0.1, 0.15) is 0 Å². The van der Waals surface area contributed by atoms with E-state index in [4.69, 9.17) is 11.5 Å². The third kappa shape index (κ3) is 3.74. The monoisotopic (exact) mass is 178 g/mol. The summed E-state index contributed by atoms with van der Waals surface area (Å²) in [6, 6.07) is -0.352. The van der Waals surface area contributed by atoms with Gasteiger partial charge in [-0.15, -0.1) is 0 Å². The van der Waals surface area contributed by atoms with Crippen molar-refractivity contribution in [2.24, 2.45) is 11.5 Å². The maximum absolute atomic E-state index is 11.4. The molecule has 0 aliphatic carbocycles. The van der Waals surface area contributed by atoms with Gasteiger partial charge in [0, 0.05) is 0 Å². The van der Waals surface area contributed by atoms with Crippen molar-refractivity contribution in [2.45, 2.75) is 12.5 Å². The Morgan fingerprint density at radius 3 is 2.18 bits per heavy atom. The molecule has 0 radical (unpaired) electrons. The molecule has 4 N–H and O–H groups in total. The molecule has 0 aliphatic heterocycles. The van der Waals surface area contributed by atoms with Gasteiger partial charge >= 0.3 is 0 Å². The Morgan fingerprint density at radius 1 is 1.45 bits per heavy atom. The molecule has 1 unspecified atom stereocenters. The average Bonchev–Trinajstić information content (AvgIpc) is 1.85. The predicted molar refractivity (Wildman–Crippen MR) is 52.0 cm³/mol. The van der Waals surface area contributed by atoms with E-state index in [-0.39, 0.29) is 11.2 Å². The molecule has 0 aromatic heterocycles. The Labute approximate surface area is 69.8 Å². The zero-order valence-electron chi connectivity index (χ0n) is 7.46. The first-order chi connectivity index (χ1) is 4.89. The minimum Gasteiger partial charge on any atom is -0.330 e. The van der Waals surface area contributed by atoms with Crippen LogP contribution >= 0.6 is 10.0 Å². The Kier molecular flexibility index (Phi) is 4.07. The third-order valence-corrected chi connectivity index (χ3v) is 2.89. The summed E-state index contributed by atoms with van der Waals surface area (Å²) in [6.45, 7) is 0.489. The second-order valence-electron chi connectivity index (χ2n) is 3.34. The molecule has 0 spiro atoms. The number of nitrogens with two attached hydrogens (primary N) is 2. The lowest BCUT2D eigenvalue weighted by atomic mass is 10.2. The van der Waals surface area contributed by atoms with Crippen LogP contribution in [0.25, 0.3) is 0 Å². The maximum atomic E-state index is 11.4. The Bertz CT molecular complexity index is 142. The predicted octanol–water partition coefficient (Wildman–Crippen LogP) is -0.117. The summed E-state index contributed by atoms with van der Waals surface area (Å²) < 4.78 is 0. The molecule has 3 nitrogen and oxygen atoms in total. The highest BCUT2D eigenvalue weighted by atomic mass is 32.3. The van der Waals surface area contributed by atoms with Crippen LogP contribution in [0.15, 0.2) is 0 Å². The molecule has 11 heavy (non-hydrogen) atoms. The number of carbonyl (C=O) groups excluding carboxylic acids is 1. The maximum Gasteiger partial charge on any atom is 0.188 e. The van der Waals surface area contributed by atoms with Crippen LogP contribution in [0.1, 0.15) is 6.42 Å². The van der Waals surface area contributed by atoms with Crippen LogP contribution in [0.4, 0.5) is 0 Å². The SMILES string of the molecule is CS(C)(C)C(=O)C(N)CCN. The third-order valence-electron chi connectivity index (χ3n) is 1.38. The van der Waals surface area contributed by atoms with E-state index in [1.807, 2.05) is 18.8 Å². The van der Waals surface area contributed by atoms with Gasteiger partial charge in [-0.2, -0.15) is 10.0 Å². The number of hydrogen-bond donors (Lipinski definition) is 2. The minimum atomic E-state index is -1.14. The van der Waals surface area contributed by atoms with E-state index in [1.54, 1.807) is 0 Å². The van der Waals surface area contributed by atoms with Gasteiger partial charge in [-0.05, 0) is 31.7 Å². The highest BCUT2D eigenvalue weighted by molar-refractivity contribution is 8.43. The summed E-state index contributed by atoms with van der Waals surface area (Å²) in [7, 11) is -1.14. The molecule has 0 fully saturated rings. The largest absolute Gasteiger partial charge is 0.330 e. The molecule has 0 rings (SSSR count). The van der Waals surface area contributed by atoms with Crippen LogP contribution in [-0.4, -0.2) is 36.5 Å². The van der Waals surface area contributed by atoms with E-state index in [9.17, 15) is 4.79 Å². The van der Waals surface area contributed by atoms with Crippen molar-refractivity contribution in [1.29, 1.82) is 0 Å². The lowest BCUT2D eigenvalue weighted by molar-refractivity contribution is -0.112. The summed E-state index contributed by atoms with van der Waals surface area (Å²) in [4.78, 5) is 11.4. The van der Waals surface area contributed by atoms with Crippen LogP contribution in [-0.2, 0) is 4.79 Å². The van der Waals surface area contributed by atoms with Gasteiger partial charge in [0.15, 0.2) is 5.12 Å². The Morgan fingerprint density at radius 2 is 1.91 bits per heavy atom. The zero-order chi connectivity index (χ0) is 9.07. The van der Waals surface area contributed by atoms with E-state index in [2.05, 4.69) is 0 Å². The van der Waals surface area contributed by atoms with Gasteiger partial charge in [-0.25, -0.2) is 0 Å². The van der Waals surface area contributed by atoms with E-state index in [0.29, 0.717) is 13.0 Å². The highest BCUT2D eigenvalue weighted by Gasteiger charge is 2.21. The lowest BCUT2D eigenvalue weighted by Gasteiger charge is -2.26. The van der Waals surface area contributed by atoms with Crippen LogP contribution in [0.3, 0.4) is 0 Å². The standard InChI is InChI=1S/C7H18N2OS/c1-11(2,3)7(10)6(9)4-5-8/h6H,4-5,8-9H2,1-3H3. The topological polar surface area (TPSA) is 69.1 Å². The molecule has 0 heterocycles. The van der Waals surface area contributed by atoms with Crippen LogP contribution in [0.2, 0.25) is 0 Å². The summed E-state index contributed by atoms with van der Waals surface area (Å²) in [5.74, 6) is 0. The van der Waals surface area contributed by atoms with E-state index in [0.717, 1.165) is 0 Å². The second-order valence-corrected chi connectivity index (χ2v) is 7.42. The minimum absolute atomic E-state index is 0.169. The average molecular weight is 178 g/mol. The molecule has 0 amide bonds. The fourth-order valence-electron chi connectivity index (χ4n) is 0.752. The quantitative estimate of drug-likeness (QED) is 0.633. The second kappa shape index (κ2) is 4.09. The summed E-state index contributed by atoms with van der Waals surface area (Å²) in [6.07, 6.45) is 6.45. The molecular weight excluding hydrogens is 160 g/mol. The smallest absolute Gasteiger partial charge is 0.188 e. The van der Waals surface area contributed by atoms with Gasteiger partial charge in [-0.1, -0.05) is 0 Å². The molecule has 0 aromatic carbocycles. The molecule has 0 aliphatic rings. The van der Waals surface area contributed by atoms with E-state index < -0.39 is 10.0 Å². The molecule has 0 saturated carbocycles. The van der Waals surface area contributed by atoms with Crippen molar-refractivity contribution in [2.75, 3.05) is 25.3 Å².